The molecule has 132 valence electrons. The summed E-state index contributed by atoms with van der Waals surface area (Å²) in [7, 11) is 1.89. The zero-order chi connectivity index (χ0) is 18.1. The second-order valence-corrected chi connectivity index (χ2v) is 7.61. The third-order valence-electron chi connectivity index (χ3n) is 5.01. The van der Waals surface area contributed by atoms with Gasteiger partial charge in [-0.1, -0.05) is 52.3 Å². The van der Waals surface area contributed by atoms with Crippen LogP contribution in [0.15, 0.2) is 59.2 Å². The van der Waals surface area contributed by atoms with Crippen molar-refractivity contribution in [3.63, 3.8) is 0 Å². The molecule has 1 heterocycles. The molecule has 3 aromatic rings. The predicted molar refractivity (Wildman–Crippen MR) is 105 cm³/mol. The molecule has 0 fully saturated rings. The van der Waals surface area contributed by atoms with Crippen LogP contribution in [0.25, 0.3) is 0 Å². The first-order valence-electron chi connectivity index (χ1n) is 8.76. The summed E-state index contributed by atoms with van der Waals surface area (Å²) < 4.78 is 2.88. The standard InChI is InChI=1S/C21H20BrN3O/c1-25-20(11-14-5-3-2-4-6-14)18(13-23-25)21(26)24-19-10-7-15-12-16(22)8-9-17(15)19/h2-6,8-9,12-13,19H,7,10-11H2,1H3,(H,24,26)/t19-/m0/s1. The van der Waals surface area contributed by atoms with E-state index in [4.69, 9.17) is 0 Å². The quantitative estimate of drug-likeness (QED) is 0.701. The van der Waals surface area contributed by atoms with Crippen LogP contribution in [0.1, 0.15) is 45.2 Å². The van der Waals surface area contributed by atoms with Crippen LogP contribution in [0.2, 0.25) is 0 Å². The molecule has 5 heteroatoms. The molecule has 0 spiro atoms. The molecule has 0 unspecified atom stereocenters. The lowest BCUT2D eigenvalue weighted by Crippen LogP contribution is -2.28. The SMILES string of the molecule is Cn1ncc(C(=O)N[C@H]2CCc3cc(Br)ccc32)c1Cc1ccccc1. The van der Waals surface area contributed by atoms with E-state index in [0.29, 0.717) is 12.0 Å². The van der Waals surface area contributed by atoms with Crippen molar-refractivity contribution in [2.24, 2.45) is 7.05 Å². The van der Waals surface area contributed by atoms with Crippen molar-refractivity contribution in [1.29, 1.82) is 0 Å². The molecule has 1 aromatic heterocycles. The predicted octanol–water partition coefficient (Wildman–Crippen LogP) is 4.19. The molecule has 1 atom stereocenters. The van der Waals surface area contributed by atoms with E-state index in [9.17, 15) is 4.79 Å². The molecule has 1 aliphatic rings. The monoisotopic (exact) mass is 409 g/mol. The van der Waals surface area contributed by atoms with E-state index in [1.54, 1.807) is 10.9 Å². The lowest BCUT2D eigenvalue weighted by molar-refractivity contribution is 0.0936. The number of carbonyl (C=O) groups is 1. The van der Waals surface area contributed by atoms with Crippen molar-refractivity contribution in [3.05, 3.63) is 87.1 Å². The van der Waals surface area contributed by atoms with Gasteiger partial charge in [-0.2, -0.15) is 5.10 Å². The van der Waals surface area contributed by atoms with Crippen molar-refractivity contribution in [3.8, 4) is 0 Å². The Morgan fingerprint density at radius 3 is 2.88 bits per heavy atom. The molecule has 1 amide bonds. The third-order valence-corrected chi connectivity index (χ3v) is 5.50. The number of amides is 1. The number of halogens is 1. The molecular formula is C21H20BrN3O. The fraction of sp³-hybridized carbons (Fsp3) is 0.238. The molecular weight excluding hydrogens is 390 g/mol. The lowest BCUT2D eigenvalue weighted by Gasteiger charge is -2.15. The maximum absolute atomic E-state index is 12.9. The average Bonchev–Trinajstić information content (AvgIpc) is 3.20. The molecule has 2 aromatic carbocycles. The molecule has 0 radical (unpaired) electrons. The normalized spacial score (nSPS) is 15.7. The van der Waals surface area contributed by atoms with Crippen molar-refractivity contribution >= 4 is 21.8 Å². The molecule has 0 saturated carbocycles. The van der Waals surface area contributed by atoms with Gasteiger partial charge in [0.2, 0.25) is 0 Å². The van der Waals surface area contributed by atoms with Crippen molar-refractivity contribution < 1.29 is 4.79 Å². The first-order chi connectivity index (χ1) is 12.6. The minimum absolute atomic E-state index is 0.0511. The van der Waals surface area contributed by atoms with Gasteiger partial charge in [-0.3, -0.25) is 9.48 Å². The second kappa shape index (κ2) is 7.08. The van der Waals surface area contributed by atoms with Crippen molar-refractivity contribution in [1.82, 2.24) is 15.1 Å². The largest absolute Gasteiger partial charge is 0.345 e. The number of carbonyl (C=O) groups excluding carboxylic acids is 1. The number of rotatable bonds is 4. The van der Waals surface area contributed by atoms with Crippen LogP contribution in [-0.2, 0) is 19.9 Å². The average molecular weight is 410 g/mol. The van der Waals surface area contributed by atoms with Gasteiger partial charge in [0, 0.05) is 17.9 Å². The summed E-state index contributed by atoms with van der Waals surface area (Å²) in [6.07, 6.45) is 4.29. The number of hydrogen-bond donors (Lipinski definition) is 1. The van der Waals surface area contributed by atoms with Gasteiger partial charge in [-0.15, -0.1) is 0 Å². The van der Waals surface area contributed by atoms with Crippen LogP contribution in [0, 0.1) is 0 Å². The van der Waals surface area contributed by atoms with Gasteiger partial charge in [0.1, 0.15) is 0 Å². The molecule has 0 saturated heterocycles. The topological polar surface area (TPSA) is 46.9 Å². The van der Waals surface area contributed by atoms with Crippen LogP contribution in [0.3, 0.4) is 0 Å². The van der Waals surface area contributed by atoms with Crippen molar-refractivity contribution in [2.45, 2.75) is 25.3 Å². The number of nitrogens with one attached hydrogen (secondary N) is 1. The molecule has 4 nitrogen and oxygen atoms in total. The number of aromatic nitrogens is 2. The maximum atomic E-state index is 12.9. The van der Waals surface area contributed by atoms with Gasteiger partial charge in [0.15, 0.2) is 0 Å². The Morgan fingerprint density at radius 2 is 2.08 bits per heavy atom. The van der Waals surface area contributed by atoms with Gasteiger partial charge >= 0.3 is 0 Å². The van der Waals surface area contributed by atoms with E-state index in [-0.39, 0.29) is 11.9 Å². The van der Waals surface area contributed by atoms with E-state index in [1.165, 1.54) is 16.7 Å². The summed E-state index contributed by atoms with van der Waals surface area (Å²) in [5.74, 6) is -0.0511. The van der Waals surface area contributed by atoms with E-state index in [2.05, 4.69) is 50.6 Å². The van der Waals surface area contributed by atoms with E-state index >= 15 is 0 Å². The number of benzene rings is 2. The molecule has 1 aliphatic carbocycles. The highest BCUT2D eigenvalue weighted by Crippen LogP contribution is 2.33. The summed E-state index contributed by atoms with van der Waals surface area (Å²) >= 11 is 3.52. The van der Waals surface area contributed by atoms with Crippen LogP contribution >= 0.6 is 15.9 Å². The van der Waals surface area contributed by atoms with Crippen LogP contribution in [-0.4, -0.2) is 15.7 Å². The fourth-order valence-electron chi connectivity index (χ4n) is 3.62. The summed E-state index contributed by atoms with van der Waals surface area (Å²) in [5.41, 5.74) is 5.28. The van der Waals surface area contributed by atoms with Crippen molar-refractivity contribution in [2.75, 3.05) is 0 Å². The molecule has 0 aliphatic heterocycles. The summed E-state index contributed by atoms with van der Waals surface area (Å²) in [4.78, 5) is 12.9. The molecule has 1 N–H and O–H groups in total. The zero-order valence-corrected chi connectivity index (χ0v) is 16.2. The smallest absolute Gasteiger partial charge is 0.255 e. The minimum atomic E-state index is -0.0511. The Kier molecular flexibility index (Phi) is 4.64. The highest BCUT2D eigenvalue weighted by molar-refractivity contribution is 9.10. The number of aryl methyl sites for hydroxylation is 2. The van der Waals surface area contributed by atoms with Crippen LogP contribution < -0.4 is 5.32 Å². The summed E-state index contributed by atoms with van der Waals surface area (Å²) in [5, 5.41) is 7.52. The van der Waals surface area contributed by atoms with E-state index in [0.717, 1.165) is 23.0 Å². The Hall–Kier alpha value is -2.40. The second-order valence-electron chi connectivity index (χ2n) is 6.70. The van der Waals surface area contributed by atoms with Crippen LogP contribution in [0.4, 0.5) is 0 Å². The number of nitrogens with zero attached hydrogens (tertiary/aromatic N) is 2. The Bertz CT molecular complexity index is 949. The zero-order valence-electron chi connectivity index (χ0n) is 14.6. The van der Waals surface area contributed by atoms with E-state index < -0.39 is 0 Å². The summed E-state index contributed by atoms with van der Waals surface area (Å²) in [6.45, 7) is 0. The van der Waals surface area contributed by atoms with E-state index in [1.807, 2.05) is 31.3 Å². The number of fused-ring (bicyclic) bond motifs is 1. The van der Waals surface area contributed by atoms with Gasteiger partial charge in [-0.05, 0) is 41.7 Å². The minimum Gasteiger partial charge on any atom is -0.345 e. The maximum Gasteiger partial charge on any atom is 0.255 e. The van der Waals surface area contributed by atoms with Crippen LogP contribution in [0.5, 0.6) is 0 Å². The highest BCUT2D eigenvalue weighted by atomic mass is 79.9. The third kappa shape index (κ3) is 3.31. The van der Waals surface area contributed by atoms with Gasteiger partial charge < -0.3 is 5.32 Å². The van der Waals surface area contributed by atoms with Gasteiger partial charge in [-0.25, -0.2) is 0 Å². The Balaban J connectivity index is 1.55. The molecule has 26 heavy (non-hydrogen) atoms. The first-order valence-corrected chi connectivity index (χ1v) is 9.55. The van der Waals surface area contributed by atoms with Gasteiger partial charge in [0.05, 0.1) is 23.5 Å². The lowest BCUT2D eigenvalue weighted by atomic mass is 10.1. The molecule has 0 bridgehead atoms. The van der Waals surface area contributed by atoms with Gasteiger partial charge in [0.25, 0.3) is 5.91 Å². The summed E-state index contributed by atoms with van der Waals surface area (Å²) in [6, 6.07) is 16.5. The fourth-order valence-corrected chi connectivity index (χ4v) is 4.03. The number of hydrogen-bond acceptors (Lipinski definition) is 2. The Morgan fingerprint density at radius 1 is 1.27 bits per heavy atom. The molecule has 4 rings (SSSR count). The highest BCUT2D eigenvalue weighted by Gasteiger charge is 2.26. The Labute approximate surface area is 161 Å². The first kappa shape index (κ1) is 17.0.